The number of rotatable bonds is 8. The molecule has 2 unspecified atom stereocenters. The molecule has 0 aliphatic rings. The van der Waals surface area contributed by atoms with Crippen LogP contribution in [0.1, 0.15) is 25.0 Å². The number of fused-ring (bicyclic) bond motifs is 2. The average Bonchev–Trinajstić information content (AvgIpc) is 2.74. The third-order valence-corrected chi connectivity index (χ3v) is 5.70. The Kier molecular flexibility index (Phi) is 6.27. The maximum absolute atomic E-state index is 6.13. The molecule has 1 heteroatoms. The number of hydrogen-bond acceptors (Lipinski definition) is 1. The predicted octanol–water partition coefficient (Wildman–Crippen LogP) is 7.07. The summed E-state index contributed by atoms with van der Waals surface area (Å²) in [4.78, 5) is 0. The van der Waals surface area contributed by atoms with Crippen LogP contribution in [0, 0.1) is 11.8 Å². The largest absolute Gasteiger partial charge is 0.381 e. The summed E-state index contributed by atoms with van der Waals surface area (Å²) in [6.45, 7) is 6.19. The molecule has 0 saturated heterocycles. The highest BCUT2D eigenvalue weighted by Crippen LogP contribution is 2.23. The van der Waals surface area contributed by atoms with E-state index >= 15 is 0 Å². The smallest absolute Gasteiger partial charge is 0.0494 e. The average molecular weight is 383 g/mol. The van der Waals surface area contributed by atoms with Crippen molar-refractivity contribution >= 4 is 21.5 Å². The fourth-order valence-electron chi connectivity index (χ4n) is 4.28. The van der Waals surface area contributed by atoms with Crippen molar-refractivity contribution in [2.75, 3.05) is 13.2 Å². The Morgan fingerprint density at radius 2 is 0.966 bits per heavy atom. The number of hydrogen-bond donors (Lipinski definition) is 0. The topological polar surface area (TPSA) is 9.23 Å². The summed E-state index contributed by atoms with van der Waals surface area (Å²) in [6, 6.07) is 30.5. The van der Waals surface area contributed by atoms with Gasteiger partial charge in [0.25, 0.3) is 0 Å². The molecule has 2 atom stereocenters. The van der Waals surface area contributed by atoms with Crippen molar-refractivity contribution in [3.05, 3.63) is 96.1 Å². The summed E-state index contributed by atoms with van der Waals surface area (Å²) in [6.07, 6.45) is 2.11. The monoisotopic (exact) mass is 382 g/mol. The highest BCUT2D eigenvalue weighted by molar-refractivity contribution is 5.86. The van der Waals surface area contributed by atoms with Gasteiger partial charge >= 0.3 is 0 Å². The maximum atomic E-state index is 6.13. The Morgan fingerprint density at radius 1 is 0.552 bits per heavy atom. The lowest BCUT2D eigenvalue weighted by Crippen LogP contribution is -2.15. The molecule has 4 rings (SSSR count). The second-order valence-corrected chi connectivity index (χ2v) is 8.43. The minimum Gasteiger partial charge on any atom is -0.381 e. The predicted molar refractivity (Wildman–Crippen MR) is 124 cm³/mol. The van der Waals surface area contributed by atoms with Gasteiger partial charge in [-0.15, -0.1) is 0 Å². The van der Waals surface area contributed by atoms with Crippen molar-refractivity contribution in [1.82, 2.24) is 0 Å². The van der Waals surface area contributed by atoms with E-state index in [0.717, 1.165) is 26.1 Å². The third kappa shape index (κ3) is 4.86. The molecule has 4 aromatic carbocycles. The second kappa shape index (κ2) is 9.24. The van der Waals surface area contributed by atoms with Crippen LogP contribution < -0.4 is 0 Å². The molecule has 148 valence electrons. The van der Waals surface area contributed by atoms with Gasteiger partial charge in [-0.1, -0.05) is 98.8 Å². The summed E-state index contributed by atoms with van der Waals surface area (Å²) in [5, 5.41) is 5.38. The van der Waals surface area contributed by atoms with E-state index in [0.29, 0.717) is 11.8 Å². The van der Waals surface area contributed by atoms with Crippen LogP contribution in [0.2, 0.25) is 0 Å². The van der Waals surface area contributed by atoms with E-state index in [4.69, 9.17) is 4.74 Å². The summed E-state index contributed by atoms with van der Waals surface area (Å²) in [5.74, 6) is 1.01. The standard InChI is InChI=1S/C28H30O/c1-21(17-25-13-7-11-23-9-3-5-15-27(23)25)19-29-20-22(2)18-26-14-8-12-24-10-4-6-16-28(24)26/h3-16,21-22H,17-20H2,1-2H3. The summed E-state index contributed by atoms with van der Waals surface area (Å²) >= 11 is 0. The Labute approximate surface area is 174 Å². The van der Waals surface area contributed by atoms with Crippen LogP contribution in [0.15, 0.2) is 84.9 Å². The van der Waals surface area contributed by atoms with Gasteiger partial charge in [-0.25, -0.2) is 0 Å². The van der Waals surface area contributed by atoms with Crippen LogP contribution in [0.3, 0.4) is 0 Å². The summed E-state index contributed by atoms with van der Waals surface area (Å²) in [7, 11) is 0. The molecular formula is C28H30O. The van der Waals surface area contributed by atoms with Gasteiger partial charge < -0.3 is 4.74 Å². The van der Waals surface area contributed by atoms with E-state index in [-0.39, 0.29) is 0 Å². The van der Waals surface area contributed by atoms with E-state index < -0.39 is 0 Å². The zero-order valence-corrected chi connectivity index (χ0v) is 17.5. The Bertz CT molecular complexity index is 984. The third-order valence-electron chi connectivity index (χ3n) is 5.70. The van der Waals surface area contributed by atoms with Gasteiger partial charge in [-0.05, 0) is 57.3 Å². The minimum absolute atomic E-state index is 0.505. The van der Waals surface area contributed by atoms with Crippen LogP contribution in [-0.2, 0) is 17.6 Å². The van der Waals surface area contributed by atoms with Gasteiger partial charge in [-0.3, -0.25) is 0 Å². The molecule has 0 fully saturated rings. The van der Waals surface area contributed by atoms with Gasteiger partial charge in [0.1, 0.15) is 0 Å². The van der Waals surface area contributed by atoms with Gasteiger partial charge in [0.15, 0.2) is 0 Å². The second-order valence-electron chi connectivity index (χ2n) is 8.43. The molecule has 0 radical (unpaired) electrons. The lowest BCUT2D eigenvalue weighted by molar-refractivity contribution is 0.0801. The van der Waals surface area contributed by atoms with Crippen LogP contribution in [0.25, 0.3) is 21.5 Å². The molecule has 29 heavy (non-hydrogen) atoms. The number of benzene rings is 4. The molecule has 0 amide bonds. The summed E-state index contributed by atoms with van der Waals surface area (Å²) in [5.41, 5.74) is 2.84. The Morgan fingerprint density at radius 3 is 1.45 bits per heavy atom. The first kappa shape index (κ1) is 19.7. The van der Waals surface area contributed by atoms with Gasteiger partial charge in [0.05, 0.1) is 0 Å². The normalized spacial score (nSPS) is 13.6. The molecular weight excluding hydrogens is 352 g/mol. The highest BCUT2D eigenvalue weighted by Gasteiger charge is 2.10. The first-order chi connectivity index (χ1) is 14.2. The van der Waals surface area contributed by atoms with Crippen LogP contribution in [0.5, 0.6) is 0 Å². The van der Waals surface area contributed by atoms with E-state index in [2.05, 4.69) is 98.8 Å². The van der Waals surface area contributed by atoms with Crippen molar-refractivity contribution in [3.8, 4) is 0 Å². The SMILES string of the molecule is CC(COCC(C)Cc1cccc2ccccc12)Cc1cccc2ccccc12. The van der Waals surface area contributed by atoms with E-state index in [1.54, 1.807) is 0 Å². The number of ether oxygens (including phenoxy) is 1. The molecule has 4 aromatic rings. The fourth-order valence-corrected chi connectivity index (χ4v) is 4.28. The van der Waals surface area contributed by atoms with Crippen molar-refractivity contribution in [1.29, 1.82) is 0 Å². The van der Waals surface area contributed by atoms with E-state index in [9.17, 15) is 0 Å². The molecule has 1 nitrogen and oxygen atoms in total. The first-order valence-corrected chi connectivity index (χ1v) is 10.7. The quantitative estimate of drug-likeness (QED) is 0.317. The summed E-state index contributed by atoms with van der Waals surface area (Å²) < 4.78 is 6.13. The van der Waals surface area contributed by atoms with Gasteiger partial charge in [-0.2, -0.15) is 0 Å². The van der Waals surface area contributed by atoms with Crippen LogP contribution >= 0.6 is 0 Å². The molecule has 0 heterocycles. The molecule has 0 saturated carbocycles. The molecule has 0 aromatic heterocycles. The molecule has 0 N–H and O–H groups in total. The van der Waals surface area contributed by atoms with Crippen molar-refractivity contribution in [2.45, 2.75) is 26.7 Å². The molecule has 0 bridgehead atoms. The van der Waals surface area contributed by atoms with E-state index in [1.165, 1.54) is 32.7 Å². The first-order valence-electron chi connectivity index (χ1n) is 10.7. The van der Waals surface area contributed by atoms with Crippen molar-refractivity contribution in [3.63, 3.8) is 0 Å². The lowest BCUT2D eigenvalue weighted by Gasteiger charge is -2.17. The molecule has 0 aliphatic carbocycles. The van der Waals surface area contributed by atoms with Crippen molar-refractivity contribution < 1.29 is 4.74 Å². The van der Waals surface area contributed by atoms with Gasteiger partial charge in [0, 0.05) is 13.2 Å². The molecule has 0 spiro atoms. The minimum atomic E-state index is 0.505. The Hall–Kier alpha value is -2.64. The van der Waals surface area contributed by atoms with Gasteiger partial charge in [0.2, 0.25) is 0 Å². The van der Waals surface area contributed by atoms with Crippen LogP contribution in [0.4, 0.5) is 0 Å². The maximum Gasteiger partial charge on any atom is 0.0494 e. The van der Waals surface area contributed by atoms with Crippen LogP contribution in [-0.4, -0.2) is 13.2 Å². The highest BCUT2D eigenvalue weighted by atomic mass is 16.5. The lowest BCUT2D eigenvalue weighted by atomic mass is 9.96. The zero-order valence-electron chi connectivity index (χ0n) is 17.5. The van der Waals surface area contributed by atoms with E-state index in [1.807, 2.05) is 0 Å². The molecule has 0 aliphatic heterocycles. The Balaban J connectivity index is 1.30. The fraction of sp³-hybridized carbons (Fsp3) is 0.286. The zero-order chi connectivity index (χ0) is 20.1. The van der Waals surface area contributed by atoms with Crippen molar-refractivity contribution in [2.24, 2.45) is 11.8 Å².